The molecule has 8 aromatic carbocycles. The summed E-state index contributed by atoms with van der Waals surface area (Å²) in [6, 6.07) is 70.9. The molecule has 0 atom stereocenters. The minimum atomic E-state index is -0.0545. The number of allylic oxidation sites excluding steroid dienone is 1. The van der Waals surface area contributed by atoms with Crippen LogP contribution in [0.15, 0.2) is 194 Å². The van der Waals surface area contributed by atoms with Crippen molar-refractivity contribution in [1.82, 2.24) is 0 Å². The number of rotatable bonds is 7. The molecule has 0 saturated heterocycles. The molecule has 0 bridgehead atoms. The van der Waals surface area contributed by atoms with Gasteiger partial charge in [0.25, 0.3) is 0 Å². The van der Waals surface area contributed by atoms with Crippen LogP contribution in [-0.4, -0.2) is 0 Å². The van der Waals surface area contributed by atoms with Crippen molar-refractivity contribution in [3.05, 3.63) is 211 Å². The smallest absolute Gasteiger partial charge is 0.0462 e. The van der Waals surface area contributed by atoms with Gasteiger partial charge in [0.15, 0.2) is 0 Å². The number of thiophene rings is 1. The third-order valence-corrected chi connectivity index (χ3v) is 12.5. The van der Waals surface area contributed by atoms with Crippen LogP contribution in [0.5, 0.6) is 0 Å². The van der Waals surface area contributed by atoms with E-state index in [1.807, 2.05) is 11.3 Å². The number of fused-ring (bicyclic) bond motifs is 4. The van der Waals surface area contributed by atoms with Crippen LogP contribution in [-0.2, 0) is 5.41 Å². The number of hydrogen-bond acceptors (Lipinski definition) is 2. The number of benzene rings is 8. The van der Waals surface area contributed by atoms with Crippen molar-refractivity contribution < 1.29 is 0 Å². The molecule has 9 aromatic rings. The van der Waals surface area contributed by atoms with Crippen molar-refractivity contribution in [3.8, 4) is 33.4 Å². The van der Waals surface area contributed by atoms with Crippen LogP contribution in [0, 0.1) is 0 Å². The second-order valence-electron chi connectivity index (χ2n) is 15.0. The molecular formula is C53H39NS. The maximum Gasteiger partial charge on any atom is 0.0462 e. The van der Waals surface area contributed by atoms with Gasteiger partial charge in [-0.05, 0) is 116 Å². The summed E-state index contributed by atoms with van der Waals surface area (Å²) < 4.78 is 2.66. The first-order chi connectivity index (χ1) is 27.0. The molecule has 0 radical (unpaired) electrons. The average molecular weight is 722 g/mol. The predicted octanol–water partition coefficient (Wildman–Crippen LogP) is 15.4. The van der Waals surface area contributed by atoms with Crippen LogP contribution in [0.1, 0.15) is 30.5 Å². The van der Waals surface area contributed by atoms with Gasteiger partial charge in [0.05, 0.1) is 0 Å². The minimum Gasteiger partial charge on any atom is -0.311 e. The molecular weight excluding hydrogens is 683 g/mol. The van der Waals surface area contributed by atoms with Crippen LogP contribution in [0.4, 0.5) is 17.1 Å². The zero-order valence-electron chi connectivity index (χ0n) is 30.9. The van der Waals surface area contributed by atoms with Gasteiger partial charge in [-0.2, -0.15) is 0 Å². The topological polar surface area (TPSA) is 3.24 Å². The molecule has 0 amide bonds. The third-order valence-electron chi connectivity index (χ3n) is 11.3. The molecule has 1 aliphatic carbocycles. The largest absolute Gasteiger partial charge is 0.311 e. The molecule has 0 aliphatic heterocycles. The lowest BCUT2D eigenvalue weighted by atomic mass is 9.78. The van der Waals surface area contributed by atoms with Crippen molar-refractivity contribution in [2.45, 2.75) is 19.3 Å². The highest BCUT2D eigenvalue weighted by atomic mass is 32.1. The normalized spacial score (nSPS) is 13.2. The minimum absolute atomic E-state index is 0.0545. The highest BCUT2D eigenvalue weighted by Crippen LogP contribution is 2.47. The van der Waals surface area contributed by atoms with E-state index in [4.69, 9.17) is 0 Å². The van der Waals surface area contributed by atoms with Gasteiger partial charge < -0.3 is 4.90 Å². The van der Waals surface area contributed by atoms with Gasteiger partial charge in [-0.1, -0.05) is 153 Å². The SMILES string of the molecule is CC1(C)C(c2ccc(N(c3ccc(-c4ccc(-c5ccccc5)cc4)cc3)c3ccc(-c4ccc5sc6ccccc6c5c4)cc3)cc2)=Cc2ccccc21. The van der Waals surface area contributed by atoms with Crippen LogP contribution >= 0.6 is 11.3 Å². The van der Waals surface area contributed by atoms with Gasteiger partial charge in [0.1, 0.15) is 0 Å². The molecule has 0 unspecified atom stereocenters. The Balaban J connectivity index is 1.00. The van der Waals surface area contributed by atoms with Crippen LogP contribution in [0.2, 0.25) is 0 Å². The number of hydrogen-bond donors (Lipinski definition) is 0. The van der Waals surface area contributed by atoms with E-state index in [1.54, 1.807) is 0 Å². The van der Waals surface area contributed by atoms with Crippen molar-refractivity contribution >= 4 is 60.2 Å². The number of anilines is 3. The quantitative estimate of drug-likeness (QED) is 0.158. The van der Waals surface area contributed by atoms with Crippen LogP contribution in [0.3, 0.4) is 0 Å². The summed E-state index contributed by atoms with van der Waals surface area (Å²) in [6.45, 7) is 4.67. The van der Waals surface area contributed by atoms with Crippen LogP contribution in [0.25, 0.3) is 65.2 Å². The van der Waals surface area contributed by atoms with Crippen molar-refractivity contribution in [3.63, 3.8) is 0 Å². The van der Waals surface area contributed by atoms with Gasteiger partial charge in [-0.3, -0.25) is 0 Å². The average Bonchev–Trinajstić information content (AvgIpc) is 3.75. The fraction of sp³-hybridized carbons (Fsp3) is 0.0566. The van der Waals surface area contributed by atoms with E-state index in [2.05, 4.69) is 219 Å². The lowest BCUT2D eigenvalue weighted by Crippen LogP contribution is -2.16. The second-order valence-corrected chi connectivity index (χ2v) is 16.1. The molecule has 1 aromatic heterocycles. The van der Waals surface area contributed by atoms with E-state index < -0.39 is 0 Å². The van der Waals surface area contributed by atoms with E-state index in [0.717, 1.165) is 17.1 Å². The van der Waals surface area contributed by atoms with Gasteiger partial charge in [0, 0.05) is 42.6 Å². The molecule has 10 rings (SSSR count). The summed E-state index contributed by atoms with van der Waals surface area (Å²) in [5.41, 5.74) is 15.9. The second kappa shape index (κ2) is 13.4. The highest BCUT2D eigenvalue weighted by Gasteiger charge is 2.33. The summed E-state index contributed by atoms with van der Waals surface area (Å²) in [5.74, 6) is 0. The molecule has 0 N–H and O–H groups in total. The van der Waals surface area contributed by atoms with Gasteiger partial charge >= 0.3 is 0 Å². The summed E-state index contributed by atoms with van der Waals surface area (Å²) in [7, 11) is 0. The molecule has 0 spiro atoms. The number of nitrogens with zero attached hydrogens (tertiary/aromatic N) is 1. The fourth-order valence-electron chi connectivity index (χ4n) is 8.35. The molecule has 0 saturated carbocycles. The van der Waals surface area contributed by atoms with Crippen LogP contribution < -0.4 is 4.90 Å². The monoisotopic (exact) mass is 721 g/mol. The summed E-state index contributed by atoms with van der Waals surface area (Å²) in [4.78, 5) is 2.37. The standard InChI is InChI=1S/C53H39NS/c1-53(2)49-14-8-6-12-43(49)35-50(53)41-24-31-46(32-25-41)54(44-27-20-39(21-28-44)38-18-16-37(17-19-38)36-10-4-3-5-11-36)45-29-22-40(23-30-45)42-26-33-52-48(34-42)47-13-7-9-15-51(47)55-52/h3-35H,1-2H3. The predicted molar refractivity (Wildman–Crippen MR) is 238 cm³/mol. The molecule has 55 heavy (non-hydrogen) atoms. The van der Waals surface area contributed by atoms with E-state index >= 15 is 0 Å². The summed E-state index contributed by atoms with van der Waals surface area (Å²) >= 11 is 1.86. The molecule has 1 nitrogen and oxygen atoms in total. The van der Waals surface area contributed by atoms with E-state index in [0.29, 0.717) is 0 Å². The van der Waals surface area contributed by atoms with Crippen molar-refractivity contribution in [2.75, 3.05) is 4.90 Å². The zero-order chi connectivity index (χ0) is 36.9. The first-order valence-electron chi connectivity index (χ1n) is 19.0. The molecule has 1 heterocycles. The third kappa shape index (κ3) is 5.96. The van der Waals surface area contributed by atoms with Crippen molar-refractivity contribution in [1.29, 1.82) is 0 Å². The Labute approximate surface area is 327 Å². The maximum atomic E-state index is 2.37. The molecule has 0 fully saturated rings. The van der Waals surface area contributed by atoms with Gasteiger partial charge in [0.2, 0.25) is 0 Å². The first kappa shape index (κ1) is 33.1. The Hall–Kier alpha value is -6.48. The van der Waals surface area contributed by atoms with Gasteiger partial charge in [-0.15, -0.1) is 11.3 Å². The molecule has 2 heteroatoms. The Kier molecular flexibility index (Phi) is 8.08. The zero-order valence-corrected chi connectivity index (χ0v) is 31.7. The first-order valence-corrected chi connectivity index (χ1v) is 19.8. The fourth-order valence-corrected chi connectivity index (χ4v) is 9.44. The summed E-state index contributed by atoms with van der Waals surface area (Å²) in [6.07, 6.45) is 2.36. The molecule has 1 aliphatic rings. The Morgan fingerprint density at radius 3 is 1.45 bits per heavy atom. The van der Waals surface area contributed by atoms with Crippen molar-refractivity contribution in [2.24, 2.45) is 0 Å². The molecule has 262 valence electrons. The summed E-state index contributed by atoms with van der Waals surface area (Å²) in [5, 5.41) is 2.65. The Morgan fingerprint density at radius 2 is 0.836 bits per heavy atom. The van der Waals surface area contributed by atoms with Gasteiger partial charge in [-0.25, -0.2) is 0 Å². The maximum absolute atomic E-state index is 2.37. The lowest BCUT2D eigenvalue weighted by Gasteiger charge is -2.28. The van der Waals surface area contributed by atoms with E-state index in [-0.39, 0.29) is 5.41 Å². The highest BCUT2D eigenvalue weighted by molar-refractivity contribution is 7.25. The Bertz CT molecular complexity index is 2840. The lowest BCUT2D eigenvalue weighted by molar-refractivity contribution is 0.704. The Morgan fingerprint density at radius 1 is 0.382 bits per heavy atom. The van der Waals surface area contributed by atoms with E-state index in [1.165, 1.54) is 75.8 Å². The van der Waals surface area contributed by atoms with E-state index in [9.17, 15) is 0 Å².